The van der Waals surface area contributed by atoms with E-state index in [9.17, 15) is 14.0 Å². The normalized spacial score (nSPS) is 11.8. The number of carbonyl (C=O) groups excluding carboxylic acids is 2. The molecule has 1 unspecified atom stereocenters. The molecule has 8 nitrogen and oxygen atoms in total. The van der Waals surface area contributed by atoms with Crippen molar-refractivity contribution in [3.05, 3.63) is 42.1 Å². The standard InChI is InChI=1S/C16H15FN6O2S/c1-9(23-8-18-7-19-23)15(25)22-16-21-14(6-26-16)12-4-3-11(5-13(12)17)20-10(2)24/h3-9H,1-2H3,(H,20,24)(H,21,22,25). The minimum atomic E-state index is -0.557. The van der Waals surface area contributed by atoms with E-state index in [1.807, 2.05) is 0 Å². The molecule has 10 heteroatoms. The van der Waals surface area contributed by atoms with Gasteiger partial charge in [0.15, 0.2) is 5.13 Å². The number of rotatable bonds is 5. The number of hydrogen-bond donors (Lipinski definition) is 2. The molecule has 0 aliphatic rings. The quantitative estimate of drug-likeness (QED) is 0.715. The molecular weight excluding hydrogens is 359 g/mol. The lowest BCUT2D eigenvalue weighted by atomic mass is 10.1. The molecule has 134 valence electrons. The van der Waals surface area contributed by atoms with Crippen LogP contribution in [0.4, 0.5) is 15.2 Å². The minimum absolute atomic E-state index is 0.278. The summed E-state index contributed by atoms with van der Waals surface area (Å²) in [6.07, 6.45) is 2.79. The van der Waals surface area contributed by atoms with E-state index < -0.39 is 11.9 Å². The van der Waals surface area contributed by atoms with Crippen LogP contribution >= 0.6 is 11.3 Å². The maximum atomic E-state index is 14.3. The third kappa shape index (κ3) is 3.91. The topological polar surface area (TPSA) is 102 Å². The lowest BCUT2D eigenvalue weighted by Gasteiger charge is -2.10. The summed E-state index contributed by atoms with van der Waals surface area (Å²) in [5.41, 5.74) is 1.04. The molecule has 2 N–H and O–H groups in total. The van der Waals surface area contributed by atoms with Crippen LogP contribution in [0.25, 0.3) is 11.3 Å². The Labute approximate surface area is 152 Å². The Kier molecular flexibility index (Phi) is 5.03. The van der Waals surface area contributed by atoms with Crippen molar-refractivity contribution in [2.45, 2.75) is 19.9 Å². The van der Waals surface area contributed by atoms with Crippen molar-refractivity contribution in [1.82, 2.24) is 19.7 Å². The van der Waals surface area contributed by atoms with E-state index in [0.29, 0.717) is 16.5 Å². The van der Waals surface area contributed by atoms with Crippen LogP contribution in [0, 0.1) is 5.82 Å². The maximum Gasteiger partial charge on any atom is 0.250 e. The number of nitrogens with zero attached hydrogens (tertiary/aromatic N) is 4. The van der Waals surface area contributed by atoms with Crippen LogP contribution in [0.3, 0.4) is 0 Å². The van der Waals surface area contributed by atoms with Crippen molar-refractivity contribution in [2.24, 2.45) is 0 Å². The number of benzene rings is 1. The first kappa shape index (κ1) is 17.7. The van der Waals surface area contributed by atoms with E-state index in [1.54, 1.807) is 18.4 Å². The van der Waals surface area contributed by atoms with Gasteiger partial charge in [-0.3, -0.25) is 9.59 Å². The third-order valence-electron chi connectivity index (χ3n) is 3.51. The molecule has 1 aromatic carbocycles. The van der Waals surface area contributed by atoms with Crippen molar-refractivity contribution in [2.75, 3.05) is 10.6 Å². The summed E-state index contributed by atoms with van der Waals surface area (Å²) in [6.45, 7) is 3.03. The van der Waals surface area contributed by atoms with Crippen LogP contribution in [0.5, 0.6) is 0 Å². The van der Waals surface area contributed by atoms with Gasteiger partial charge < -0.3 is 10.6 Å². The van der Waals surface area contributed by atoms with E-state index in [2.05, 4.69) is 25.7 Å². The van der Waals surface area contributed by atoms with Gasteiger partial charge in [-0.1, -0.05) is 0 Å². The van der Waals surface area contributed by atoms with Crippen LogP contribution < -0.4 is 10.6 Å². The molecule has 2 heterocycles. The monoisotopic (exact) mass is 374 g/mol. The van der Waals surface area contributed by atoms with Crippen LogP contribution in [-0.4, -0.2) is 31.6 Å². The first-order valence-corrected chi connectivity index (χ1v) is 8.50. The van der Waals surface area contributed by atoms with Crippen molar-refractivity contribution >= 4 is 34.0 Å². The molecule has 0 spiro atoms. The number of thiazole rings is 1. The molecule has 0 bridgehead atoms. The first-order chi connectivity index (χ1) is 12.4. The van der Waals surface area contributed by atoms with Gasteiger partial charge in [0.05, 0.1) is 5.69 Å². The predicted molar refractivity (Wildman–Crippen MR) is 95.2 cm³/mol. The second kappa shape index (κ2) is 7.40. The van der Waals surface area contributed by atoms with Gasteiger partial charge in [0.25, 0.3) is 5.91 Å². The molecule has 1 atom stereocenters. The molecule has 0 radical (unpaired) electrons. The lowest BCUT2D eigenvalue weighted by Crippen LogP contribution is -2.23. The number of amides is 2. The zero-order valence-corrected chi connectivity index (χ0v) is 14.7. The van der Waals surface area contributed by atoms with Gasteiger partial charge in [-0.15, -0.1) is 11.3 Å². The van der Waals surface area contributed by atoms with E-state index >= 15 is 0 Å². The minimum Gasteiger partial charge on any atom is -0.326 e. The lowest BCUT2D eigenvalue weighted by molar-refractivity contribution is -0.119. The fraction of sp³-hybridized carbons (Fsp3) is 0.188. The fourth-order valence-electron chi connectivity index (χ4n) is 2.21. The molecule has 0 aliphatic carbocycles. The summed E-state index contributed by atoms with van der Waals surface area (Å²) in [4.78, 5) is 31.3. The molecule has 0 saturated heterocycles. The summed E-state index contributed by atoms with van der Waals surface area (Å²) in [5, 5.41) is 11.1. The molecule has 2 amide bonds. The highest BCUT2D eigenvalue weighted by Gasteiger charge is 2.18. The van der Waals surface area contributed by atoms with Gasteiger partial charge in [-0.2, -0.15) is 5.10 Å². The summed E-state index contributed by atoms with van der Waals surface area (Å²) in [5.74, 6) is -1.11. The summed E-state index contributed by atoms with van der Waals surface area (Å²) >= 11 is 1.19. The van der Waals surface area contributed by atoms with E-state index in [4.69, 9.17) is 0 Å². The number of hydrogen-bond acceptors (Lipinski definition) is 6. The summed E-state index contributed by atoms with van der Waals surface area (Å²) in [6, 6.07) is 3.78. The zero-order valence-electron chi connectivity index (χ0n) is 13.9. The molecular formula is C16H15FN6O2S. The Bertz CT molecular complexity index is 940. The fourth-order valence-corrected chi connectivity index (χ4v) is 2.92. The SMILES string of the molecule is CC(=O)Nc1ccc(-c2csc(NC(=O)C(C)n3cncn3)n2)c(F)c1. The zero-order chi connectivity index (χ0) is 18.7. The Morgan fingerprint density at radius 3 is 2.77 bits per heavy atom. The average molecular weight is 374 g/mol. The largest absolute Gasteiger partial charge is 0.326 e. The van der Waals surface area contributed by atoms with Gasteiger partial charge in [-0.05, 0) is 25.1 Å². The van der Waals surface area contributed by atoms with Gasteiger partial charge in [0.1, 0.15) is 24.5 Å². The van der Waals surface area contributed by atoms with Gasteiger partial charge in [0, 0.05) is 23.6 Å². The smallest absolute Gasteiger partial charge is 0.250 e. The molecule has 0 fully saturated rings. The Balaban J connectivity index is 1.73. The third-order valence-corrected chi connectivity index (χ3v) is 4.27. The summed E-state index contributed by atoms with van der Waals surface area (Å²) < 4.78 is 15.7. The number of nitrogens with one attached hydrogen (secondary N) is 2. The van der Waals surface area contributed by atoms with Crippen LogP contribution in [-0.2, 0) is 9.59 Å². The first-order valence-electron chi connectivity index (χ1n) is 7.62. The van der Waals surface area contributed by atoms with Gasteiger partial charge in [-0.25, -0.2) is 19.0 Å². The molecule has 0 saturated carbocycles. The van der Waals surface area contributed by atoms with Gasteiger partial charge >= 0.3 is 0 Å². The molecule has 3 rings (SSSR count). The molecule has 26 heavy (non-hydrogen) atoms. The number of halogens is 1. The van der Waals surface area contributed by atoms with E-state index in [-0.39, 0.29) is 17.4 Å². The molecule has 0 aliphatic heterocycles. The molecule has 3 aromatic rings. The number of anilines is 2. The number of carbonyl (C=O) groups is 2. The van der Waals surface area contributed by atoms with Crippen molar-refractivity contribution < 1.29 is 14.0 Å². The highest BCUT2D eigenvalue weighted by Crippen LogP contribution is 2.29. The van der Waals surface area contributed by atoms with Crippen LogP contribution in [0.2, 0.25) is 0 Å². The second-order valence-electron chi connectivity index (χ2n) is 5.45. The Morgan fingerprint density at radius 1 is 1.31 bits per heavy atom. The average Bonchev–Trinajstić information content (AvgIpc) is 3.25. The Morgan fingerprint density at radius 2 is 2.12 bits per heavy atom. The van der Waals surface area contributed by atoms with Crippen LogP contribution in [0.15, 0.2) is 36.2 Å². The predicted octanol–water partition coefficient (Wildman–Crippen LogP) is 2.70. The second-order valence-corrected chi connectivity index (χ2v) is 6.31. The van der Waals surface area contributed by atoms with Crippen molar-refractivity contribution in [1.29, 1.82) is 0 Å². The van der Waals surface area contributed by atoms with Crippen molar-refractivity contribution in [3.63, 3.8) is 0 Å². The number of aromatic nitrogens is 4. The highest BCUT2D eigenvalue weighted by atomic mass is 32.1. The maximum absolute atomic E-state index is 14.3. The summed E-state index contributed by atoms with van der Waals surface area (Å²) in [7, 11) is 0. The highest BCUT2D eigenvalue weighted by molar-refractivity contribution is 7.14. The molecule has 2 aromatic heterocycles. The Hall–Kier alpha value is -3.14. The van der Waals surface area contributed by atoms with E-state index in [1.165, 1.54) is 47.7 Å². The van der Waals surface area contributed by atoms with Gasteiger partial charge in [0.2, 0.25) is 5.91 Å². The van der Waals surface area contributed by atoms with Crippen LogP contribution in [0.1, 0.15) is 19.9 Å². The van der Waals surface area contributed by atoms with E-state index in [0.717, 1.165) is 0 Å². The van der Waals surface area contributed by atoms with Crippen molar-refractivity contribution in [3.8, 4) is 11.3 Å².